The second-order valence-electron chi connectivity index (χ2n) is 11.9. The molecular formula is C26H44O5. The van der Waals surface area contributed by atoms with Crippen LogP contribution in [0.25, 0.3) is 0 Å². The number of fused-ring (bicyclic) bond motifs is 5. The number of hydrogen-bond acceptors (Lipinski definition) is 4. The number of carboxylic acid groups (broad SMARTS) is 1. The molecule has 0 aromatic rings. The number of hydrogen-bond donors (Lipinski definition) is 2. The molecule has 0 aliphatic heterocycles. The molecule has 5 unspecified atom stereocenters. The normalized spacial score (nSPS) is 47.2. The molecule has 0 radical (unpaired) electrons. The summed E-state index contributed by atoms with van der Waals surface area (Å²) in [6.45, 7) is 7.04. The molecule has 4 fully saturated rings. The van der Waals surface area contributed by atoms with Gasteiger partial charge in [-0.05, 0) is 91.3 Å². The lowest BCUT2D eigenvalue weighted by atomic mass is 9.43. The summed E-state index contributed by atoms with van der Waals surface area (Å²) >= 11 is 0. The van der Waals surface area contributed by atoms with Gasteiger partial charge in [0, 0.05) is 33.5 Å². The number of aliphatic hydroxyl groups excluding tert-OH is 1. The molecule has 0 saturated heterocycles. The first-order valence-electron chi connectivity index (χ1n) is 12.6. The predicted octanol–water partition coefficient (Wildman–Crippen LogP) is 5.11. The van der Waals surface area contributed by atoms with Crippen LogP contribution in [0.15, 0.2) is 0 Å². The fraction of sp³-hybridized carbons (Fsp3) is 0.962. The van der Waals surface area contributed by atoms with Crippen LogP contribution in [-0.2, 0) is 14.3 Å². The lowest BCUT2D eigenvalue weighted by Crippen LogP contribution is -2.60. The van der Waals surface area contributed by atoms with Gasteiger partial charge in [-0.1, -0.05) is 20.8 Å². The van der Waals surface area contributed by atoms with Crippen LogP contribution < -0.4 is 0 Å². The molecule has 0 aromatic heterocycles. The highest BCUT2D eigenvalue weighted by molar-refractivity contribution is 5.66. The summed E-state index contributed by atoms with van der Waals surface area (Å²) < 4.78 is 11.7. The van der Waals surface area contributed by atoms with E-state index in [1.165, 1.54) is 19.3 Å². The van der Waals surface area contributed by atoms with Gasteiger partial charge in [-0.15, -0.1) is 0 Å². The monoisotopic (exact) mass is 436 g/mol. The van der Waals surface area contributed by atoms with Gasteiger partial charge >= 0.3 is 5.97 Å². The van der Waals surface area contributed by atoms with Gasteiger partial charge in [-0.3, -0.25) is 4.79 Å². The topological polar surface area (TPSA) is 76.0 Å². The zero-order chi connectivity index (χ0) is 22.6. The Bertz CT molecular complexity index is 675. The quantitative estimate of drug-likeness (QED) is 0.566. The van der Waals surface area contributed by atoms with E-state index in [2.05, 4.69) is 20.8 Å². The number of carboxylic acids is 1. The van der Waals surface area contributed by atoms with E-state index >= 15 is 0 Å². The molecule has 0 spiro atoms. The minimum absolute atomic E-state index is 0.0697. The Morgan fingerprint density at radius 2 is 1.77 bits per heavy atom. The first-order chi connectivity index (χ1) is 14.6. The lowest BCUT2D eigenvalue weighted by Gasteiger charge is -2.63. The van der Waals surface area contributed by atoms with Gasteiger partial charge < -0.3 is 19.7 Å². The molecule has 5 heteroatoms. The van der Waals surface area contributed by atoms with Crippen molar-refractivity contribution in [3.8, 4) is 0 Å². The molecule has 2 N–H and O–H groups in total. The van der Waals surface area contributed by atoms with Crippen LogP contribution in [0.3, 0.4) is 0 Å². The Hall–Kier alpha value is -0.650. The summed E-state index contributed by atoms with van der Waals surface area (Å²) in [5.41, 5.74) is 0.179. The van der Waals surface area contributed by atoms with Crippen molar-refractivity contribution >= 4 is 5.97 Å². The molecule has 5 nitrogen and oxygen atoms in total. The fourth-order valence-corrected chi connectivity index (χ4v) is 9.13. The SMILES string of the molecule is COC1(OC)CC[C@@]2(C)C(CCC3C2C[C@H](O)[C@@]2(C)C3CCC2[C@H](C)CCC(=O)O)C1. The van der Waals surface area contributed by atoms with Gasteiger partial charge in [-0.2, -0.15) is 0 Å². The fourth-order valence-electron chi connectivity index (χ4n) is 9.13. The maximum absolute atomic E-state index is 11.6. The van der Waals surface area contributed by atoms with E-state index in [-0.39, 0.29) is 23.4 Å². The highest BCUT2D eigenvalue weighted by atomic mass is 16.7. The molecule has 4 rings (SSSR count). The van der Waals surface area contributed by atoms with Crippen LogP contribution >= 0.6 is 0 Å². The Balaban J connectivity index is 1.55. The number of aliphatic hydroxyl groups is 1. The molecule has 4 aliphatic carbocycles. The second-order valence-corrected chi connectivity index (χ2v) is 11.9. The standard InChI is InChI=1S/C26H44O5/c1-16(6-11-23(28)29)19-9-10-20-18-8-7-17-15-26(30-4,31-5)13-12-24(17,2)21(18)14-22(27)25(19,20)3/h16-22,27H,6-15H2,1-5H3,(H,28,29)/t16-,17?,18?,19?,20?,21?,22+,24+,25-/m1/s1. The molecule has 4 saturated carbocycles. The smallest absolute Gasteiger partial charge is 0.303 e. The maximum atomic E-state index is 11.6. The second kappa shape index (κ2) is 8.29. The van der Waals surface area contributed by atoms with Crippen molar-refractivity contribution in [2.75, 3.05) is 14.2 Å². The minimum Gasteiger partial charge on any atom is -0.481 e. The number of rotatable bonds is 6. The van der Waals surface area contributed by atoms with Crippen molar-refractivity contribution < 1.29 is 24.5 Å². The number of ether oxygens (including phenoxy) is 2. The van der Waals surface area contributed by atoms with Crippen molar-refractivity contribution in [1.82, 2.24) is 0 Å². The Kier molecular flexibility index (Phi) is 6.28. The van der Waals surface area contributed by atoms with Crippen molar-refractivity contribution in [3.63, 3.8) is 0 Å². The van der Waals surface area contributed by atoms with Gasteiger partial charge in [0.2, 0.25) is 0 Å². The third kappa shape index (κ3) is 3.58. The highest BCUT2D eigenvalue weighted by Gasteiger charge is 2.64. The van der Waals surface area contributed by atoms with E-state index in [9.17, 15) is 9.90 Å². The summed E-state index contributed by atoms with van der Waals surface area (Å²) in [5, 5.41) is 20.8. The van der Waals surface area contributed by atoms with Gasteiger partial charge in [-0.25, -0.2) is 0 Å². The number of aliphatic carboxylic acids is 1. The summed E-state index contributed by atoms with van der Waals surface area (Å²) in [4.78, 5) is 11.1. The van der Waals surface area contributed by atoms with Crippen LogP contribution in [0.2, 0.25) is 0 Å². The third-order valence-corrected chi connectivity index (χ3v) is 11.1. The average molecular weight is 437 g/mol. The Morgan fingerprint density at radius 3 is 2.42 bits per heavy atom. The van der Waals surface area contributed by atoms with Crippen LogP contribution in [0.5, 0.6) is 0 Å². The first kappa shape index (κ1) is 23.5. The van der Waals surface area contributed by atoms with E-state index in [0.717, 1.165) is 38.5 Å². The van der Waals surface area contributed by atoms with E-state index < -0.39 is 11.8 Å². The van der Waals surface area contributed by atoms with Gasteiger partial charge in [0.15, 0.2) is 5.79 Å². The van der Waals surface area contributed by atoms with E-state index in [4.69, 9.17) is 14.6 Å². The Morgan fingerprint density at radius 1 is 1.06 bits per heavy atom. The minimum atomic E-state index is -0.706. The highest BCUT2D eigenvalue weighted by Crippen LogP contribution is 2.69. The van der Waals surface area contributed by atoms with Crippen LogP contribution in [-0.4, -0.2) is 42.3 Å². The first-order valence-corrected chi connectivity index (χ1v) is 12.6. The summed E-state index contributed by atoms with van der Waals surface area (Å²) in [6, 6.07) is 0. The molecule has 0 aromatic carbocycles. The van der Waals surface area contributed by atoms with E-state index in [0.29, 0.717) is 35.5 Å². The van der Waals surface area contributed by atoms with Crippen molar-refractivity contribution in [2.24, 2.45) is 46.3 Å². The van der Waals surface area contributed by atoms with Gasteiger partial charge in [0.05, 0.1) is 6.10 Å². The Labute approximate surface area is 188 Å². The molecule has 31 heavy (non-hydrogen) atoms. The van der Waals surface area contributed by atoms with E-state index in [1.807, 2.05) is 0 Å². The molecular weight excluding hydrogens is 392 g/mol. The average Bonchev–Trinajstić information content (AvgIpc) is 3.11. The summed E-state index contributed by atoms with van der Waals surface area (Å²) in [6.07, 6.45) is 9.39. The summed E-state index contributed by atoms with van der Waals surface area (Å²) in [7, 11) is 3.55. The molecule has 0 amide bonds. The number of carbonyl (C=O) groups is 1. The van der Waals surface area contributed by atoms with Crippen LogP contribution in [0.1, 0.15) is 85.0 Å². The zero-order valence-electron chi connectivity index (χ0n) is 20.2. The van der Waals surface area contributed by atoms with Crippen molar-refractivity contribution in [3.05, 3.63) is 0 Å². The predicted molar refractivity (Wildman–Crippen MR) is 119 cm³/mol. The van der Waals surface area contributed by atoms with Gasteiger partial charge in [0.1, 0.15) is 0 Å². The molecule has 0 heterocycles. The van der Waals surface area contributed by atoms with Crippen LogP contribution in [0.4, 0.5) is 0 Å². The lowest BCUT2D eigenvalue weighted by molar-refractivity contribution is -0.265. The molecule has 178 valence electrons. The zero-order valence-corrected chi connectivity index (χ0v) is 20.2. The van der Waals surface area contributed by atoms with Gasteiger partial charge in [0.25, 0.3) is 0 Å². The molecule has 0 bridgehead atoms. The molecule has 4 aliphatic rings. The maximum Gasteiger partial charge on any atom is 0.303 e. The largest absolute Gasteiger partial charge is 0.481 e. The van der Waals surface area contributed by atoms with Crippen molar-refractivity contribution in [2.45, 2.75) is 96.9 Å². The van der Waals surface area contributed by atoms with Crippen molar-refractivity contribution in [1.29, 1.82) is 0 Å². The molecule has 9 atom stereocenters. The van der Waals surface area contributed by atoms with Crippen LogP contribution in [0, 0.1) is 46.3 Å². The number of methoxy groups -OCH3 is 2. The third-order valence-electron chi connectivity index (χ3n) is 11.1. The van der Waals surface area contributed by atoms with E-state index in [1.54, 1.807) is 14.2 Å². The summed E-state index contributed by atoms with van der Waals surface area (Å²) in [5.74, 6) is 2.04.